The van der Waals surface area contributed by atoms with Gasteiger partial charge in [-0.15, -0.1) is 0 Å². The predicted molar refractivity (Wildman–Crippen MR) is 101 cm³/mol. The van der Waals surface area contributed by atoms with Crippen LogP contribution in [0.3, 0.4) is 0 Å². The molecule has 3 rings (SSSR count). The first-order chi connectivity index (χ1) is 12.9. The van der Waals surface area contributed by atoms with Crippen LogP contribution in [0.4, 0.5) is 5.69 Å². The second-order valence-electron chi connectivity index (χ2n) is 6.81. The summed E-state index contributed by atoms with van der Waals surface area (Å²) < 4.78 is 38.3. The summed E-state index contributed by atoms with van der Waals surface area (Å²) in [5.74, 6) is 0.347. The Kier molecular flexibility index (Phi) is 6.36. The molecule has 0 saturated carbocycles. The highest BCUT2D eigenvalue weighted by Crippen LogP contribution is 2.31. The van der Waals surface area contributed by atoms with Crippen molar-refractivity contribution in [3.05, 3.63) is 18.2 Å². The molecule has 1 aromatic rings. The molecule has 9 heteroatoms. The molecule has 1 aromatic carbocycles. The number of anilines is 1. The second-order valence-corrected chi connectivity index (χ2v) is 8.71. The minimum absolute atomic E-state index is 0.0713. The summed E-state index contributed by atoms with van der Waals surface area (Å²) in [6, 6.07) is 4.76. The summed E-state index contributed by atoms with van der Waals surface area (Å²) in [4.78, 5) is 12.5. The third-order valence-electron chi connectivity index (χ3n) is 5.03. The van der Waals surface area contributed by atoms with E-state index in [1.165, 1.54) is 10.4 Å². The number of hydrogen-bond donors (Lipinski definition) is 2. The molecule has 0 bridgehead atoms. The molecule has 27 heavy (non-hydrogen) atoms. The summed E-state index contributed by atoms with van der Waals surface area (Å²) in [7, 11) is -3.74. The number of amides is 1. The lowest BCUT2D eigenvalue weighted by molar-refractivity contribution is -0.121. The van der Waals surface area contributed by atoms with Crippen LogP contribution in [0.5, 0.6) is 5.75 Å². The largest absolute Gasteiger partial charge is 0.492 e. The zero-order chi connectivity index (χ0) is 19.4. The Morgan fingerprint density at radius 2 is 2.07 bits per heavy atom. The maximum absolute atomic E-state index is 13.1. The van der Waals surface area contributed by atoms with Crippen LogP contribution in [0, 0.1) is 11.8 Å². The Balaban J connectivity index is 1.84. The maximum Gasteiger partial charge on any atom is 0.246 e. The number of hydrogen-bond acceptors (Lipinski definition) is 6. The van der Waals surface area contributed by atoms with Crippen molar-refractivity contribution in [1.82, 2.24) is 9.62 Å². The van der Waals surface area contributed by atoms with Crippen molar-refractivity contribution in [3.63, 3.8) is 0 Å². The van der Waals surface area contributed by atoms with E-state index in [9.17, 15) is 13.2 Å². The first-order valence-corrected chi connectivity index (χ1v) is 10.7. The van der Waals surface area contributed by atoms with E-state index in [0.29, 0.717) is 50.3 Å². The minimum Gasteiger partial charge on any atom is -0.492 e. The van der Waals surface area contributed by atoms with Gasteiger partial charge in [0.2, 0.25) is 15.9 Å². The van der Waals surface area contributed by atoms with Gasteiger partial charge in [-0.05, 0) is 44.1 Å². The molecule has 2 N–H and O–H groups in total. The fourth-order valence-corrected chi connectivity index (χ4v) is 4.69. The third kappa shape index (κ3) is 4.43. The Labute approximate surface area is 160 Å². The lowest BCUT2D eigenvalue weighted by Crippen LogP contribution is -2.48. The van der Waals surface area contributed by atoms with E-state index >= 15 is 0 Å². The lowest BCUT2D eigenvalue weighted by Gasteiger charge is -2.31. The summed E-state index contributed by atoms with van der Waals surface area (Å²) >= 11 is 0. The Bertz CT molecular complexity index is 773. The highest BCUT2D eigenvalue weighted by molar-refractivity contribution is 7.89. The molecule has 1 amide bonds. The van der Waals surface area contributed by atoms with Crippen molar-refractivity contribution < 1.29 is 22.7 Å². The monoisotopic (exact) mass is 397 g/mol. The molecule has 2 aliphatic rings. The Morgan fingerprint density at radius 3 is 2.67 bits per heavy atom. The smallest absolute Gasteiger partial charge is 0.246 e. The third-order valence-corrected chi connectivity index (χ3v) is 6.95. The normalized spacial score (nSPS) is 19.9. The Morgan fingerprint density at radius 1 is 1.37 bits per heavy atom. The zero-order valence-electron chi connectivity index (χ0n) is 15.7. The second kappa shape index (κ2) is 8.55. The van der Waals surface area contributed by atoms with Gasteiger partial charge in [0.05, 0.1) is 19.8 Å². The molecule has 2 fully saturated rings. The number of carbonyl (C=O) groups is 1. The molecular formula is C18H27N3O5S. The summed E-state index contributed by atoms with van der Waals surface area (Å²) in [5, 5.41) is 6.00. The lowest BCUT2D eigenvalue weighted by atomic mass is 9.88. The predicted octanol–water partition coefficient (Wildman–Crippen LogP) is 0.900. The van der Waals surface area contributed by atoms with Gasteiger partial charge in [0.15, 0.2) is 0 Å². The van der Waals surface area contributed by atoms with E-state index in [-0.39, 0.29) is 16.7 Å². The van der Waals surface area contributed by atoms with Crippen LogP contribution in [0.25, 0.3) is 0 Å². The molecule has 0 spiro atoms. The average molecular weight is 397 g/mol. The molecule has 1 atom stereocenters. The summed E-state index contributed by atoms with van der Waals surface area (Å²) in [6.45, 7) is 7.04. The number of benzene rings is 1. The van der Waals surface area contributed by atoms with Crippen LogP contribution < -0.4 is 15.4 Å². The van der Waals surface area contributed by atoms with Crippen LogP contribution >= 0.6 is 0 Å². The number of morpholine rings is 1. The summed E-state index contributed by atoms with van der Waals surface area (Å²) in [6.07, 6.45) is 0. The standard InChI is InChI=1S/C18H27N3O5S/c1-3-26-16-5-4-15(20-18(22)13(2)14-11-19-12-14)10-17(16)27(23,24)21-6-8-25-9-7-21/h4-5,10,13-14,19H,3,6-9,11-12H2,1-2H3,(H,20,22). The highest BCUT2D eigenvalue weighted by Gasteiger charge is 2.31. The van der Waals surface area contributed by atoms with Gasteiger partial charge in [-0.25, -0.2) is 8.42 Å². The minimum atomic E-state index is -3.74. The molecule has 8 nitrogen and oxygen atoms in total. The molecule has 0 aromatic heterocycles. The SMILES string of the molecule is CCOc1ccc(NC(=O)C(C)C2CNC2)cc1S(=O)(=O)N1CCOCC1. The molecule has 0 aliphatic carbocycles. The molecule has 0 radical (unpaired) electrons. The van der Waals surface area contributed by atoms with Crippen LogP contribution in [-0.4, -0.2) is 64.6 Å². The number of nitrogens with zero attached hydrogens (tertiary/aromatic N) is 1. The first kappa shape index (κ1) is 20.1. The fraction of sp³-hybridized carbons (Fsp3) is 0.611. The van der Waals surface area contributed by atoms with Gasteiger partial charge in [-0.1, -0.05) is 6.92 Å². The van der Waals surface area contributed by atoms with Gasteiger partial charge >= 0.3 is 0 Å². The fourth-order valence-electron chi connectivity index (χ4n) is 3.12. The van der Waals surface area contributed by atoms with Crippen molar-refractivity contribution >= 4 is 21.6 Å². The van der Waals surface area contributed by atoms with Crippen molar-refractivity contribution in [1.29, 1.82) is 0 Å². The van der Waals surface area contributed by atoms with Crippen molar-refractivity contribution in [2.75, 3.05) is 51.3 Å². The van der Waals surface area contributed by atoms with E-state index in [1.807, 2.05) is 6.92 Å². The maximum atomic E-state index is 13.1. The van der Waals surface area contributed by atoms with Crippen molar-refractivity contribution in [2.24, 2.45) is 11.8 Å². The number of carbonyl (C=O) groups excluding carboxylic acids is 1. The van der Waals surface area contributed by atoms with Crippen molar-refractivity contribution in [3.8, 4) is 5.75 Å². The number of sulfonamides is 1. The van der Waals surface area contributed by atoms with E-state index in [0.717, 1.165) is 13.1 Å². The molecular weight excluding hydrogens is 370 g/mol. The van der Waals surface area contributed by atoms with Gasteiger partial charge in [0, 0.05) is 24.7 Å². The quantitative estimate of drug-likeness (QED) is 0.710. The van der Waals surface area contributed by atoms with Crippen LogP contribution in [0.2, 0.25) is 0 Å². The zero-order valence-corrected chi connectivity index (χ0v) is 16.5. The van der Waals surface area contributed by atoms with E-state index in [2.05, 4.69) is 10.6 Å². The average Bonchev–Trinajstić information content (AvgIpc) is 2.62. The number of rotatable bonds is 7. The van der Waals surface area contributed by atoms with Crippen LogP contribution in [-0.2, 0) is 19.6 Å². The molecule has 2 heterocycles. The summed E-state index contributed by atoms with van der Waals surface area (Å²) in [5.41, 5.74) is 0.453. The number of ether oxygens (including phenoxy) is 2. The van der Waals surface area contributed by atoms with Gasteiger partial charge in [-0.3, -0.25) is 4.79 Å². The van der Waals surface area contributed by atoms with Crippen LogP contribution in [0.15, 0.2) is 23.1 Å². The van der Waals surface area contributed by atoms with Gasteiger partial charge < -0.3 is 20.1 Å². The van der Waals surface area contributed by atoms with E-state index in [1.54, 1.807) is 19.1 Å². The van der Waals surface area contributed by atoms with E-state index < -0.39 is 10.0 Å². The van der Waals surface area contributed by atoms with Crippen molar-refractivity contribution in [2.45, 2.75) is 18.7 Å². The molecule has 2 saturated heterocycles. The van der Waals surface area contributed by atoms with Gasteiger partial charge in [-0.2, -0.15) is 4.31 Å². The topological polar surface area (TPSA) is 97.0 Å². The molecule has 150 valence electrons. The van der Waals surface area contributed by atoms with Gasteiger partial charge in [0.1, 0.15) is 10.6 Å². The Hall–Kier alpha value is -1.68. The first-order valence-electron chi connectivity index (χ1n) is 9.29. The van der Waals surface area contributed by atoms with Crippen LogP contribution in [0.1, 0.15) is 13.8 Å². The molecule has 2 aliphatic heterocycles. The molecule has 1 unspecified atom stereocenters. The number of nitrogens with one attached hydrogen (secondary N) is 2. The highest BCUT2D eigenvalue weighted by atomic mass is 32.2. The van der Waals surface area contributed by atoms with Gasteiger partial charge in [0.25, 0.3) is 0 Å². The van der Waals surface area contributed by atoms with E-state index in [4.69, 9.17) is 9.47 Å².